The van der Waals surface area contributed by atoms with Gasteiger partial charge in [-0.3, -0.25) is 0 Å². The Hall–Kier alpha value is -0.710. The van der Waals surface area contributed by atoms with Crippen LogP contribution in [0.3, 0.4) is 0 Å². The third kappa shape index (κ3) is 2.66. The zero-order chi connectivity index (χ0) is 12.6. The normalized spacial score (nSPS) is 20.9. The van der Waals surface area contributed by atoms with E-state index in [2.05, 4.69) is 10.2 Å². The molecule has 18 heavy (non-hydrogen) atoms. The Balaban J connectivity index is 1.64. The molecule has 1 aromatic carbocycles. The smallest absolute Gasteiger partial charge is 0.276 e. The van der Waals surface area contributed by atoms with Gasteiger partial charge in [-0.05, 0) is 18.6 Å². The van der Waals surface area contributed by atoms with Crippen LogP contribution in [-0.2, 0) is 0 Å². The quantitative estimate of drug-likeness (QED) is 0.631. The van der Waals surface area contributed by atoms with Crippen molar-refractivity contribution in [1.29, 1.82) is 0 Å². The van der Waals surface area contributed by atoms with Crippen LogP contribution in [0, 0.1) is 5.92 Å². The van der Waals surface area contributed by atoms with E-state index in [0.717, 1.165) is 17.7 Å². The summed E-state index contributed by atoms with van der Waals surface area (Å²) in [6.45, 7) is 0. The Morgan fingerprint density at radius 2 is 2.00 bits per heavy atom. The standard InChI is InChI=1S/C12H10Cl2N2OS/c13-12(14)6-9(12)7-18-11-16-15-10(17-11)8-4-2-1-3-5-8/h1-5,9H,6-7H2/t9-/m0/s1. The maximum atomic E-state index is 5.96. The number of rotatable bonds is 4. The van der Waals surface area contributed by atoms with Gasteiger partial charge in [0.1, 0.15) is 4.33 Å². The zero-order valence-corrected chi connectivity index (χ0v) is 11.7. The summed E-state index contributed by atoms with van der Waals surface area (Å²) in [5.74, 6) is 1.67. The third-order valence-electron chi connectivity index (χ3n) is 2.79. The van der Waals surface area contributed by atoms with Gasteiger partial charge < -0.3 is 4.42 Å². The van der Waals surface area contributed by atoms with Crippen molar-refractivity contribution in [2.45, 2.75) is 16.0 Å². The van der Waals surface area contributed by atoms with E-state index in [-0.39, 0.29) is 0 Å². The van der Waals surface area contributed by atoms with Gasteiger partial charge in [0.25, 0.3) is 5.22 Å². The van der Waals surface area contributed by atoms with Crippen molar-refractivity contribution in [2.75, 3.05) is 5.75 Å². The maximum absolute atomic E-state index is 5.96. The molecule has 6 heteroatoms. The molecule has 1 fully saturated rings. The molecule has 0 bridgehead atoms. The van der Waals surface area contributed by atoms with Crippen LogP contribution < -0.4 is 0 Å². The highest BCUT2D eigenvalue weighted by Gasteiger charge is 2.51. The summed E-state index contributed by atoms with van der Waals surface area (Å²) >= 11 is 13.4. The molecule has 0 spiro atoms. The Bertz CT molecular complexity index is 544. The van der Waals surface area contributed by atoms with Crippen molar-refractivity contribution in [3.8, 4) is 11.5 Å². The van der Waals surface area contributed by atoms with Crippen LogP contribution in [0.4, 0.5) is 0 Å². The SMILES string of the molecule is ClC1(Cl)C[C@H]1CSc1nnc(-c2ccccc2)o1. The number of halogens is 2. The zero-order valence-electron chi connectivity index (χ0n) is 9.35. The van der Waals surface area contributed by atoms with Crippen LogP contribution in [0.15, 0.2) is 40.0 Å². The molecule has 0 saturated heterocycles. The maximum Gasteiger partial charge on any atom is 0.276 e. The van der Waals surface area contributed by atoms with Gasteiger partial charge in [-0.1, -0.05) is 30.0 Å². The Kier molecular flexibility index (Phi) is 3.26. The summed E-state index contributed by atoms with van der Waals surface area (Å²) in [5.41, 5.74) is 0.923. The molecule has 0 unspecified atom stereocenters. The topological polar surface area (TPSA) is 38.9 Å². The molecule has 0 aliphatic heterocycles. The fourth-order valence-electron chi connectivity index (χ4n) is 1.59. The molecular weight excluding hydrogens is 291 g/mol. The molecule has 3 rings (SSSR count). The molecule has 1 aliphatic rings. The molecule has 0 N–H and O–H groups in total. The van der Waals surface area contributed by atoms with E-state index in [1.54, 1.807) is 0 Å². The van der Waals surface area contributed by atoms with E-state index in [0.29, 0.717) is 17.0 Å². The minimum atomic E-state index is -0.546. The van der Waals surface area contributed by atoms with Gasteiger partial charge in [-0.15, -0.1) is 33.4 Å². The largest absolute Gasteiger partial charge is 0.411 e. The summed E-state index contributed by atoms with van der Waals surface area (Å²) in [7, 11) is 0. The molecular formula is C12H10Cl2N2OS. The number of aromatic nitrogens is 2. The number of thioether (sulfide) groups is 1. The van der Waals surface area contributed by atoms with Crippen molar-refractivity contribution in [3.05, 3.63) is 30.3 Å². The Morgan fingerprint density at radius 3 is 2.67 bits per heavy atom. The van der Waals surface area contributed by atoms with Crippen molar-refractivity contribution >= 4 is 35.0 Å². The Labute approximate surface area is 119 Å². The predicted molar refractivity (Wildman–Crippen MR) is 73.0 cm³/mol. The van der Waals surface area contributed by atoms with Gasteiger partial charge in [0.05, 0.1) is 0 Å². The minimum absolute atomic E-state index is 0.318. The molecule has 1 aromatic heterocycles. The van der Waals surface area contributed by atoms with Gasteiger partial charge in [-0.25, -0.2) is 0 Å². The van der Waals surface area contributed by atoms with E-state index < -0.39 is 4.33 Å². The fraction of sp³-hybridized carbons (Fsp3) is 0.333. The molecule has 3 nitrogen and oxygen atoms in total. The number of hydrogen-bond donors (Lipinski definition) is 0. The summed E-state index contributed by atoms with van der Waals surface area (Å²) in [5, 5.41) is 8.58. The first-order chi connectivity index (χ1) is 8.65. The van der Waals surface area contributed by atoms with Crippen LogP contribution in [0.25, 0.3) is 11.5 Å². The summed E-state index contributed by atoms with van der Waals surface area (Å²) in [4.78, 5) is 0. The van der Waals surface area contributed by atoms with E-state index in [1.165, 1.54) is 11.8 Å². The first-order valence-corrected chi connectivity index (χ1v) is 7.29. The molecule has 0 amide bonds. The first-order valence-electron chi connectivity index (χ1n) is 5.55. The van der Waals surface area contributed by atoms with Crippen molar-refractivity contribution in [3.63, 3.8) is 0 Å². The second-order valence-corrected chi connectivity index (χ2v) is 6.73. The monoisotopic (exact) mass is 300 g/mol. The number of alkyl halides is 2. The lowest BCUT2D eigenvalue weighted by Gasteiger charge is -1.96. The second-order valence-electron chi connectivity index (χ2n) is 4.21. The number of benzene rings is 1. The second kappa shape index (κ2) is 4.76. The fourth-order valence-corrected chi connectivity index (χ4v) is 3.28. The highest BCUT2D eigenvalue weighted by atomic mass is 35.5. The molecule has 1 heterocycles. The number of hydrogen-bond acceptors (Lipinski definition) is 4. The van der Waals surface area contributed by atoms with E-state index in [1.807, 2.05) is 30.3 Å². The van der Waals surface area contributed by atoms with Crippen LogP contribution in [0.1, 0.15) is 6.42 Å². The van der Waals surface area contributed by atoms with E-state index in [4.69, 9.17) is 27.6 Å². The van der Waals surface area contributed by atoms with Crippen LogP contribution in [-0.4, -0.2) is 20.3 Å². The molecule has 1 saturated carbocycles. The molecule has 1 aliphatic carbocycles. The highest BCUT2D eigenvalue weighted by Crippen LogP contribution is 2.54. The molecule has 2 aromatic rings. The lowest BCUT2D eigenvalue weighted by molar-refractivity contribution is 0.465. The van der Waals surface area contributed by atoms with E-state index >= 15 is 0 Å². The predicted octanol–water partition coefficient (Wildman–Crippen LogP) is 4.02. The summed E-state index contributed by atoms with van der Waals surface area (Å²) in [6.07, 6.45) is 0.836. The lowest BCUT2D eigenvalue weighted by Crippen LogP contribution is -1.92. The Morgan fingerprint density at radius 1 is 1.28 bits per heavy atom. The average Bonchev–Trinajstić information content (AvgIpc) is 2.79. The molecule has 1 atom stereocenters. The van der Waals surface area contributed by atoms with Crippen LogP contribution >= 0.6 is 35.0 Å². The number of nitrogens with zero attached hydrogens (tertiary/aromatic N) is 2. The summed E-state index contributed by atoms with van der Waals surface area (Å²) in [6, 6.07) is 9.69. The first kappa shape index (κ1) is 12.3. The minimum Gasteiger partial charge on any atom is -0.411 e. The highest BCUT2D eigenvalue weighted by molar-refractivity contribution is 7.99. The van der Waals surface area contributed by atoms with Crippen LogP contribution in [0.5, 0.6) is 0 Å². The van der Waals surface area contributed by atoms with Crippen molar-refractivity contribution in [2.24, 2.45) is 5.92 Å². The van der Waals surface area contributed by atoms with Gasteiger partial charge in [0.2, 0.25) is 5.89 Å². The van der Waals surface area contributed by atoms with Gasteiger partial charge in [0.15, 0.2) is 0 Å². The molecule has 0 radical (unpaired) electrons. The van der Waals surface area contributed by atoms with Gasteiger partial charge in [-0.2, -0.15) is 0 Å². The third-order valence-corrected chi connectivity index (χ3v) is 4.70. The average molecular weight is 301 g/mol. The molecule has 94 valence electrons. The lowest BCUT2D eigenvalue weighted by atomic mass is 10.2. The van der Waals surface area contributed by atoms with Gasteiger partial charge in [0, 0.05) is 17.2 Å². The van der Waals surface area contributed by atoms with Crippen LogP contribution in [0.2, 0.25) is 0 Å². The van der Waals surface area contributed by atoms with Crippen molar-refractivity contribution in [1.82, 2.24) is 10.2 Å². The van der Waals surface area contributed by atoms with Gasteiger partial charge >= 0.3 is 0 Å². The van der Waals surface area contributed by atoms with E-state index in [9.17, 15) is 0 Å². The van der Waals surface area contributed by atoms with Crippen molar-refractivity contribution < 1.29 is 4.42 Å². The summed E-state index contributed by atoms with van der Waals surface area (Å²) < 4.78 is 5.02.